The molecule has 3 heterocycles. The molecule has 0 amide bonds. The zero-order chi connectivity index (χ0) is 18.5. The summed E-state index contributed by atoms with van der Waals surface area (Å²) in [6.07, 6.45) is 6.51. The number of aromatic nitrogens is 3. The first-order valence-electron chi connectivity index (χ1n) is 9.38. The van der Waals surface area contributed by atoms with Crippen molar-refractivity contribution in [3.05, 3.63) is 77.7 Å². The Labute approximate surface area is 159 Å². The number of fused-ring (bicyclic) bond motifs is 1. The van der Waals surface area contributed by atoms with Gasteiger partial charge in [0, 0.05) is 38.2 Å². The molecule has 0 atom stereocenters. The highest BCUT2D eigenvalue weighted by Gasteiger charge is 2.18. The quantitative estimate of drug-likeness (QED) is 0.574. The minimum absolute atomic E-state index is 0.608. The summed E-state index contributed by atoms with van der Waals surface area (Å²) in [5.74, 6) is 1.77. The first-order chi connectivity index (χ1) is 13.3. The van der Waals surface area contributed by atoms with Crippen molar-refractivity contribution >= 4 is 5.96 Å². The van der Waals surface area contributed by atoms with Gasteiger partial charge in [-0.3, -0.25) is 0 Å². The first-order valence-corrected chi connectivity index (χ1v) is 9.38. The van der Waals surface area contributed by atoms with Gasteiger partial charge in [0.15, 0.2) is 11.8 Å². The second kappa shape index (κ2) is 8.03. The van der Waals surface area contributed by atoms with E-state index in [1.165, 1.54) is 11.1 Å². The molecule has 2 aromatic heterocycles. The Kier molecular flexibility index (Phi) is 5.14. The number of benzene rings is 1. The molecule has 0 unspecified atom stereocenters. The molecule has 6 heteroatoms. The Morgan fingerprint density at radius 3 is 2.85 bits per heavy atom. The fourth-order valence-electron chi connectivity index (χ4n) is 3.36. The van der Waals surface area contributed by atoms with Crippen LogP contribution < -0.4 is 5.32 Å². The van der Waals surface area contributed by atoms with E-state index in [2.05, 4.69) is 51.5 Å². The van der Waals surface area contributed by atoms with Crippen LogP contribution in [0.5, 0.6) is 0 Å². The number of hydrogen-bond donors (Lipinski definition) is 1. The highest BCUT2D eigenvalue weighted by molar-refractivity contribution is 5.80. The summed E-state index contributed by atoms with van der Waals surface area (Å²) in [6, 6.07) is 14.6. The number of nitrogens with one attached hydrogen (secondary N) is 1. The molecule has 0 radical (unpaired) electrons. The summed E-state index contributed by atoms with van der Waals surface area (Å²) >= 11 is 0. The van der Waals surface area contributed by atoms with Crippen molar-refractivity contribution in [1.82, 2.24) is 25.0 Å². The standard InChI is InChI=1S/C21H24N6/c1-2-22-21(26-13-9-18-6-3-4-7-19(18)16-26)24-15-17-8-11-23-20(14-17)27-12-5-10-25-27/h3-8,10-12,14H,2,9,13,15-16H2,1H3,(H,22,24). The summed E-state index contributed by atoms with van der Waals surface area (Å²) in [5, 5.41) is 7.68. The second-order valence-electron chi connectivity index (χ2n) is 6.58. The lowest BCUT2D eigenvalue weighted by Crippen LogP contribution is -2.44. The van der Waals surface area contributed by atoms with Crippen LogP contribution in [0.4, 0.5) is 0 Å². The van der Waals surface area contributed by atoms with Crippen LogP contribution in [0.15, 0.2) is 66.0 Å². The van der Waals surface area contributed by atoms with Crippen molar-refractivity contribution in [2.45, 2.75) is 26.4 Å². The van der Waals surface area contributed by atoms with Gasteiger partial charge < -0.3 is 10.2 Å². The monoisotopic (exact) mass is 360 g/mol. The highest BCUT2D eigenvalue weighted by atomic mass is 15.3. The van der Waals surface area contributed by atoms with E-state index in [1.807, 2.05) is 30.6 Å². The lowest BCUT2D eigenvalue weighted by Gasteiger charge is -2.31. The maximum atomic E-state index is 4.88. The van der Waals surface area contributed by atoms with Gasteiger partial charge in [-0.05, 0) is 48.2 Å². The van der Waals surface area contributed by atoms with E-state index < -0.39 is 0 Å². The smallest absolute Gasteiger partial charge is 0.194 e. The third kappa shape index (κ3) is 4.00. The van der Waals surface area contributed by atoms with Crippen LogP contribution in [0.2, 0.25) is 0 Å². The lowest BCUT2D eigenvalue weighted by molar-refractivity contribution is 0.378. The number of aliphatic imine (C=N–C) groups is 1. The lowest BCUT2D eigenvalue weighted by atomic mass is 10.0. The van der Waals surface area contributed by atoms with E-state index in [-0.39, 0.29) is 0 Å². The van der Waals surface area contributed by atoms with Crippen LogP contribution in [0, 0.1) is 0 Å². The SMILES string of the molecule is CCNC(=NCc1ccnc(-n2cccn2)c1)N1CCc2ccccc2C1. The molecule has 1 aliphatic heterocycles. The third-order valence-electron chi connectivity index (χ3n) is 4.73. The van der Waals surface area contributed by atoms with E-state index in [9.17, 15) is 0 Å². The molecule has 1 aliphatic rings. The van der Waals surface area contributed by atoms with Gasteiger partial charge in [-0.15, -0.1) is 0 Å². The zero-order valence-electron chi connectivity index (χ0n) is 15.5. The predicted octanol–water partition coefficient (Wildman–Crippen LogP) is 2.79. The van der Waals surface area contributed by atoms with Crippen LogP contribution in [-0.4, -0.2) is 38.7 Å². The molecule has 4 rings (SSSR count). The third-order valence-corrected chi connectivity index (χ3v) is 4.73. The zero-order valence-corrected chi connectivity index (χ0v) is 15.5. The second-order valence-corrected chi connectivity index (χ2v) is 6.58. The molecule has 27 heavy (non-hydrogen) atoms. The van der Waals surface area contributed by atoms with Crippen LogP contribution in [0.1, 0.15) is 23.6 Å². The Balaban J connectivity index is 1.51. The van der Waals surface area contributed by atoms with E-state index in [1.54, 1.807) is 10.9 Å². The van der Waals surface area contributed by atoms with Gasteiger partial charge in [0.1, 0.15) is 0 Å². The number of nitrogens with zero attached hydrogens (tertiary/aromatic N) is 5. The van der Waals surface area contributed by atoms with E-state index >= 15 is 0 Å². The molecular formula is C21H24N6. The van der Waals surface area contributed by atoms with Crippen molar-refractivity contribution < 1.29 is 0 Å². The van der Waals surface area contributed by atoms with Crippen LogP contribution >= 0.6 is 0 Å². The topological polar surface area (TPSA) is 58.3 Å². The Hall–Kier alpha value is -3.15. The Morgan fingerprint density at radius 1 is 1.15 bits per heavy atom. The molecule has 1 aromatic carbocycles. The summed E-state index contributed by atoms with van der Waals surface area (Å²) in [6.45, 7) is 5.45. The van der Waals surface area contributed by atoms with Crippen LogP contribution in [0.25, 0.3) is 5.82 Å². The number of guanidine groups is 1. The maximum absolute atomic E-state index is 4.88. The molecule has 0 fully saturated rings. The van der Waals surface area contributed by atoms with Gasteiger partial charge in [0.05, 0.1) is 6.54 Å². The molecule has 138 valence electrons. The molecule has 0 spiro atoms. The average Bonchev–Trinajstić information content (AvgIpc) is 3.26. The van der Waals surface area contributed by atoms with Gasteiger partial charge >= 0.3 is 0 Å². The number of hydrogen-bond acceptors (Lipinski definition) is 3. The summed E-state index contributed by atoms with van der Waals surface area (Å²) in [5.41, 5.74) is 3.95. The molecular weight excluding hydrogens is 336 g/mol. The van der Waals surface area contributed by atoms with Crippen LogP contribution in [0.3, 0.4) is 0 Å². The van der Waals surface area contributed by atoms with Crippen molar-refractivity contribution in [1.29, 1.82) is 0 Å². The molecule has 3 aromatic rings. The molecule has 1 N–H and O–H groups in total. The van der Waals surface area contributed by atoms with Crippen molar-refractivity contribution in [3.8, 4) is 5.82 Å². The van der Waals surface area contributed by atoms with Crippen LogP contribution in [-0.2, 0) is 19.5 Å². The first kappa shape index (κ1) is 17.3. The van der Waals surface area contributed by atoms with Gasteiger partial charge in [0.2, 0.25) is 0 Å². The Bertz CT molecular complexity index is 916. The summed E-state index contributed by atoms with van der Waals surface area (Å²) < 4.78 is 1.76. The van der Waals surface area contributed by atoms with Crippen molar-refractivity contribution in [3.63, 3.8) is 0 Å². The molecule has 6 nitrogen and oxygen atoms in total. The normalized spacial score (nSPS) is 14.1. The van der Waals surface area contributed by atoms with Gasteiger partial charge in [-0.25, -0.2) is 14.7 Å². The largest absolute Gasteiger partial charge is 0.356 e. The summed E-state index contributed by atoms with van der Waals surface area (Å²) in [4.78, 5) is 11.6. The summed E-state index contributed by atoms with van der Waals surface area (Å²) in [7, 11) is 0. The maximum Gasteiger partial charge on any atom is 0.194 e. The molecule has 0 saturated carbocycles. The number of pyridine rings is 1. The highest BCUT2D eigenvalue weighted by Crippen LogP contribution is 2.18. The Morgan fingerprint density at radius 2 is 2.04 bits per heavy atom. The van der Waals surface area contributed by atoms with E-state index in [0.717, 1.165) is 43.4 Å². The fraction of sp³-hybridized carbons (Fsp3) is 0.286. The van der Waals surface area contributed by atoms with Crippen molar-refractivity contribution in [2.75, 3.05) is 13.1 Å². The fourth-order valence-corrected chi connectivity index (χ4v) is 3.36. The minimum Gasteiger partial charge on any atom is -0.356 e. The van der Waals surface area contributed by atoms with E-state index in [0.29, 0.717) is 6.54 Å². The number of rotatable bonds is 4. The van der Waals surface area contributed by atoms with Crippen molar-refractivity contribution in [2.24, 2.45) is 4.99 Å². The predicted molar refractivity (Wildman–Crippen MR) is 107 cm³/mol. The molecule has 0 bridgehead atoms. The average molecular weight is 360 g/mol. The van der Waals surface area contributed by atoms with Gasteiger partial charge in [-0.2, -0.15) is 5.10 Å². The minimum atomic E-state index is 0.608. The molecule has 0 saturated heterocycles. The van der Waals surface area contributed by atoms with Gasteiger partial charge in [-0.1, -0.05) is 24.3 Å². The van der Waals surface area contributed by atoms with E-state index in [4.69, 9.17) is 4.99 Å². The molecule has 0 aliphatic carbocycles. The van der Waals surface area contributed by atoms with Gasteiger partial charge in [0.25, 0.3) is 0 Å².